The van der Waals surface area contributed by atoms with Crippen LogP contribution in [0.4, 0.5) is 0 Å². The molecular formula is C9H21BNO6-. The lowest BCUT2D eigenvalue weighted by molar-refractivity contribution is -0.144. The van der Waals surface area contributed by atoms with E-state index in [1.54, 1.807) is 0 Å². The number of carbonyl (C=O) groups is 1. The van der Waals surface area contributed by atoms with E-state index < -0.39 is 18.3 Å². The zero-order valence-electron chi connectivity index (χ0n) is 9.75. The van der Waals surface area contributed by atoms with E-state index in [9.17, 15) is 4.79 Å². The standard InChI is InChI=1S/C9H21BNO6/c11-9(8(13)14,5-3-7-12)4-1-2-6-10(15,16)17/h12,15-17H,1-7,11H2,(H,13,14)/q-1/t9-/m1/s1. The minimum absolute atomic E-state index is 0.123. The molecule has 0 fully saturated rings. The molecule has 0 spiro atoms. The van der Waals surface area contributed by atoms with E-state index in [-0.39, 0.29) is 32.2 Å². The number of carboxylic acid groups (broad SMARTS) is 1. The number of hydrogen-bond donors (Lipinski definition) is 6. The van der Waals surface area contributed by atoms with Gasteiger partial charge in [0.1, 0.15) is 5.54 Å². The Morgan fingerprint density at radius 3 is 2.06 bits per heavy atom. The molecule has 7 N–H and O–H groups in total. The van der Waals surface area contributed by atoms with Crippen LogP contribution in [0.15, 0.2) is 0 Å². The first kappa shape index (κ1) is 16.3. The summed E-state index contributed by atoms with van der Waals surface area (Å²) >= 11 is 0. The first-order chi connectivity index (χ1) is 7.71. The van der Waals surface area contributed by atoms with Gasteiger partial charge >= 0.3 is 12.7 Å². The second kappa shape index (κ2) is 6.92. The number of hydrogen-bond acceptors (Lipinski definition) is 6. The number of unbranched alkanes of at least 4 members (excludes halogenated alkanes) is 1. The second-order valence-corrected chi connectivity index (χ2v) is 4.43. The Morgan fingerprint density at radius 1 is 1.12 bits per heavy atom. The molecule has 0 heterocycles. The van der Waals surface area contributed by atoms with Gasteiger partial charge in [0.15, 0.2) is 0 Å². The lowest BCUT2D eigenvalue weighted by Gasteiger charge is -2.25. The highest BCUT2D eigenvalue weighted by atomic mass is 16.5. The van der Waals surface area contributed by atoms with Crippen molar-refractivity contribution in [1.82, 2.24) is 0 Å². The topological polar surface area (TPSA) is 144 Å². The molecular weight excluding hydrogens is 229 g/mol. The van der Waals surface area contributed by atoms with Gasteiger partial charge in [-0.1, -0.05) is 19.2 Å². The number of carboxylic acids is 1. The summed E-state index contributed by atoms with van der Waals surface area (Å²) in [5.74, 6) is -1.14. The third-order valence-electron chi connectivity index (χ3n) is 2.67. The molecule has 0 aromatic heterocycles. The van der Waals surface area contributed by atoms with Crippen LogP contribution in [0.1, 0.15) is 32.1 Å². The van der Waals surface area contributed by atoms with Crippen LogP contribution in [0.2, 0.25) is 6.32 Å². The van der Waals surface area contributed by atoms with Gasteiger partial charge in [-0.3, -0.25) is 4.79 Å². The van der Waals surface area contributed by atoms with Gasteiger partial charge in [-0.2, -0.15) is 0 Å². The van der Waals surface area contributed by atoms with Crippen LogP contribution < -0.4 is 5.73 Å². The minimum atomic E-state index is -3.31. The predicted octanol–water partition coefficient (Wildman–Crippen LogP) is -1.37. The molecule has 0 bridgehead atoms. The van der Waals surface area contributed by atoms with Crippen molar-refractivity contribution >= 4 is 12.7 Å². The first-order valence-electron chi connectivity index (χ1n) is 5.67. The van der Waals surface area contributed by atoms with Crippen molar-refractivity contribution in [2.75, 3.05) is 6.61 Å². The van der Waals surface area contributed by atoms with E-state index in [0.29, 0.717) is 12.8 Å². The Hall–Kier alpha value is -0.665. The van der Waals surface area contributed by atoms with Crippen molar-refractivity contribution in [2.45, 2.75) is 44.0 Å². The maximum absolute atomic E-state index is 11.0. The first-order valence-corrected chi connectivity index (χ1v) is 5.67. The van der Waals surface area contributed by atoms with E-state index in [2.05, 4.69) is 0 Å². The zero-order valence-corrected chi connectivity index (χ0v) is 9.75. The van der Waals surface area contributed by atoms with E-state index in [0.717, 1.165) is 0 Å². The van der Waals surface area contributed by atoms with Crippen molar-refractivity contribution < 1.29 is 30.1 Å². The Kier molecular flexibility index (Phi) is 6.65. The van der Waals surface area contributed by atoms with Gasteiger partial charge in [-0.25, -0.2) is 0 Å². The summed E-state index contributed by atoms with van der Waals surface area (Å²) in [5.41, 5.74) is 4.28. The largest absolute Gasteiger partial charge is 0.560 e. The minimum Gasteiger partial charge on any atom is -0.560 e. The van der Waals surface area contributed by atoms with Crippen LogP contribution in [-0.2, 0) is 4.79 Å². The molecule has 0 aromatic carbocycles. The molecule has 102 valence electrons. The summed E-state index contributed by atoms with van der Waals surface area (Å²) in [4.78, 5) is 11.0. The van der Waals surface area contributed by atoms with Gasteiger partial charge in [0, 0.05) is 6.61 Å². The second-order valence-electron chi connectivity index (χ2n) is 4.43. The third-order valence-corrected chi connectivity index (χ3v) is 2.67. The molecule has 7 nitrogen and oxygen atoms in total. The summed E-state index contributed by atoms with van der Waals surface area (Å²) in [5, 5.41) is 43.7. The molecule has 8 heteroatoms. The van der Waals surface area contributed by atoms with E-state index in [1.807, 2.05) is 0 Å². The number of aliphatic carboxylic acids is 1. The Bertz CT molecular complexity index is 244. The van der Waals surface area contributed by atoms with Crippen molar-refractivity contribution in [3.05, 3.63) is 0 Å². The maximum atomic E-state index is 11.0. The summed E-state index contributed by atoms with van der Waals surface area (Å²) < 4.78 is 0. The molecule has 0 aliphatic heterocycles. The van der Waals surface area contributed by atoms with Crippen LogP contribution in [0.5, 0.6) is 0 Å². The molecule has 0 radical (unpaired) electrons. The SMILES string of the molecule is N[C@@](CCCO)(CCCC[B-](O)(O)O)C(=O)O. The summed E-state index contributed by atoms with van der Waals surface area (Å²) in [7, 11) is 0. The number of aliphatic hydroxyl groups is 1. The monoisotopic (exact) mass is 250 g/mol. The van der Waals surface area contributed by atoms with Gasteiger partial charge < -0.3 is 31.0 Å². The van der Waals surface area contributed by atoms with Crippen molar-refractivity contribution in [3.8, 4) is 0 Å². The van der Waals surface area contributed by atoms with Crippen molar-refractivity contribution in [1.29, 1.82) is 0 Å². The molecule has 0 aliphatic carbocycles. The summed E-state index contributed by atoms with van der Waals surface area (Å²) in [6.07, 6.45) is 1.06. The van der Waals surface area contributed by atoms with Gasteiger partial charge in [-0.05, 0) is 19.3 Å². The molecule has 1 atom stereocenters. The van der Waals surface area contributed by atoms with E-state index in [4.69, 9.17) is 31.0 Å². The average Bonchev–Trinajstić information content (AvgIpc) is 2.20. The normalized spacial score (nSPS) is 15.6. The van der Waals surface area contributed by atoms with Gasteiger partial charge in [0.05, 0.1) is 0 Å². The fourth-order valence-electron chi connectivity index (χ4n) is 1.59. The Balaban J connectivity index is 4.05. The highest BCUT2D eigenvalue weighted by Gasteiger charge is 2.32. The smallest absolute Gasteiger partial charge is 0.371 e. The molecule has 0 aliphatic rings. The summed E-state index contributed by atoms with van der Waals surface area (Å²) in [6, 6.07) is 0. The molecule has 0 saturated carbocycles. The lowest BCUT2D eigenvalue weighted by Crippen LogP contribution is -2.48. The molecule has 17 heavy (non-hydrogen) atoms. The van der Waals surface area contributed by atoms with Crippen molar-refractivity contribution in [3.63, 3.8) is 0 Å². The Morgan fingerprint density at radius 2 is 1.65 bits per heavy atom. The average molecular weight is 250 g/mol. The molecule has 0 amide bonds. The third kappa shape index (κ3) is 7.29. The fraction of sp³-hybridized carbons (Fsp3) is 0.889. The predicted molar refractivity (Wildman–Crippen MR) is 61.9 cm³/mol. The van der Waals surface area contributed by atoms with Crippen LogP contribution in [0.25, 0.3) is 0 Å². The van der Waals surface area contributed by atoms with Crippen LogP contribution in [0, 0.1) is 0 Å². The molecule has 0 aromatic rings. The molecule has 0 saturated heterocycles. The summed E-state index contributed by atoms with van der Waals surface area (Å²) in [6.45, 7) is -3.43. The number of rotatable bonds is 9. The fourth-order valence-corrected chi connectivity index (χ4v) is 1.59. The van der Waals surface area contributed by atoms with E-state index >= 15 is 0 Å². The maximum Gasteiger partial charge on any atom is 0.371 e. The van der Waals surface area contributed by atoms with Crippen LogP contribution in [0.3, 0.4) is 0 Å². The number of aliphatic hydroxyl groups excluding tert-OH is 1. The molecule has 0 unspecified atom stereocenters. The van der Waals surface area contributed by atoms with E-state index in [1.165, 1.54) is 0 Å². The van der Waals surface area contributed by atoms with Gasteiger partial charge in [0.2, 0.25) is 0 Å². The quantitative estimate of drug-likeness (QED) is 0.218. The van der Waals surface area contributed by atoms with Crippen LogP contribution >= 0.6 is 0 Å². The highest BCUT2D eigenvalue weighted by molar-refractivity contribution is 6.56. The van der Waals surface area contributed by atoms with Gasteiger partial charge in [-0.15, -0.1) is 0 Å². The van der Waals surface area contributed by atoms with Crippen molar-refractivity contribution in [2.24, 2.45) is 5.73 Å². The highest BCUT2D eigenvalue weighted by Crippen LogP contribution is 2.19. The zero-order chi connectivity index (χ0) is 13.5. The Labute approximate surface area is 99.9 Å². The molecule has 0 rings (SSSR count). The van der Waals surface area contributed by atoms with Crippen LogP contribution in [-0.4, -0.2) is 50.2 Å². The lowest BCUT2D eigenvalue weighted by atomic mass is 9.73. The number of nitrogens with two attached hydrogens (primary N) is 1. The van der Waals surface area contributed by atoms with Gasteiger partial charge in [0.25, 0.3) is 0 Å².